The predicted molar refractivity (Wildman–Crippen MR) is 176 cm³/mol. The van der Waals surface area contributed by atoms with Gasteiger partial charge in [0.15, 0.2) is 5.60 Å². The van der Waals surface area contributed by atoms with Crippen molar-refractivity contribution in [3.05, 3.63) is 97.6 Å². The maximum Gasteiger partial charge on any atom is 0.343 e. The number of benzene rings is 2. The largest absolute Gasteiger partial charge is 0.458 e. The van der Waals surface area contributed by atoms with Crippen LogP contribution in [0.25, 0.3) is 22.3 Å². The molecule has 3 atom stereocenters. The molecule has 0 spiro atoms. The van der Waals surface area contributed by atoms with Crippen molar-refractivity contribution in [1.29, 1.82) is 0 Å². The summed E-state index contributed by atoms with van der Waals surface area (Å²) in [5, 5.41) is 17.6. The Morgan fingerprint density at radius 2 is 1.98 bits per heavy atom. The standard InChI is InChI=1S/C36H36FN5O7/c1-3-36(47)23-12-28-32-21(14-42(28)34(45)22(23)15-49-35(36)46)31-26(10-9-20-18(2)24(37)13-27(41-32)30(20)31)40-29(43)16-48-17-39-33(44)25(38)11-19-7-5-4-6-8-19/h4-8,12-13,25-26,47H,3,9-11,14-17,38H2,1-2H3,(H,39,44)(H,40,43)/t25-,26+,36+/m1/s1. The summed E-state index contributed by atoms with van der Waals surface area (Å²) in [5.41, 5.74) is 8.81. The van der Waals surface area contributed by atoms with Crippen molar-refractivity contribution in [3.63, 3.8) is 0 Å². The fourth-order valence-corrected chi connectivity index (χ4v) is 7.29. The number of ether oxygens (including phenoxy) is 2. The lowest BCUT2D eigenvalue weighted by molar-refractivity contribution is -0.172. The highest BCUT2D eigenvalue weighted by molar-refractivity contribution is 5.94. The Hall–Kier alpha value is -4.98. The SMILES string of the molecule is CC[C@@]1(O)C(=O)OCc2c1cc1n(c2=O)Cc2c-1nc1cc(F)c(C)c3c1c2[C@@H](NC(=O)COCNC(=O)[C@H](N)Cc1ccccc1)CC3. The molecule has 2 aliphatic heterocycles. The Balaban J connectivity index is 1.15. The number of carbonyl (C=O) groups is 3. The van der Waals surface area contributed by atoms with Gasteiger partial charge in [-0.3, -0.25) is 14.4 Å². The van der Waals surface area contributed by atoms with Crippen LogP contribution >= 0.6 is 0 Å². The molecule has 12 nitrogen and oxygen atoms in total. The Morgan fingerprint density at radius 1 is 1.20 bits per heavy atom. The Bertz CT molecular complexity index is 2100. The zero-order chi connectivity index (χ0) is 34.6. The molecule has 49 heavy (non-hydrogen) atoms. The molecule has 2 aromatic heterocycles. The molecule has 254 valence electrons. The minimum atomic E-state index is -1.99. The summed E-state index contributed by atoms with van der Waals surface area (Å²) < 4.78 is 27.4. The third kappa shape index (κ3) is 5.47. The summed E-state index contributed by atoms with van der Waals surface area (Å²) in [4.78, 5) is 56.9. The topological polar surface area (TPSA) is 175 Å². The van der Waals surface area contributed by atoms with Crippen LogP contribution in [0.15, 0.2) is 47.3 Å². The summed E-state index contributed by atoms with van der Waals surface area (Å²) in [5.74, 6) is -2.07. The number of fused-ring (bicyclic) bond motifs is 5. The van der Waals surface area contributed by atoms with Crippen LogP contribution < -0.4 is 21.9 Å². The van der Waals surface area contributed by atoms with Gasteiger partial charge in [-0.25, -0.2) is 14.2 Å². The summed E-state index contributed by atoms with van der Waals surface area (Å²) in [6, 6.07) is 11.1. The molecular weight excluding hydrogens is 633 g/mol. The molecule has 0 bridgehead atoms. The third-order valence-corrected chi connectivity index (χ3v) is 9.93. The molecule has 5 N–H and O–H groups in total. The highest BCUT2D eigenvalue weighted by atomic mass is 19.1. The second-order valence-corrected chi connectivity index (χ2v) is 12.8. The number of hydrogen-bond donors (Lipinski definition) is 4. The van der Waals surface area contributed by atoms with Gasteiger partial charge in [0.05, 0.1) is 41.1 Å². The van der Waals surface area contributed by atoms with Gasteiger partial charge >= 0.3 is 5.97 Å². The van der Waals surface area contributed by atoms with Crippen molar-refractivity contribution in [3.8, 4) is 11.4 Å². The molecule has 0 radical (unpaired) electrons. The second kappa shape index (κ2) is 12.5. The lowest BCUT2D eigenvalue weighted by Crippen LogP contribution is -2.44. The number of halogens is 1. The first-order valence-electron chi connectivity index (χ1n) is 16.3. The quantitative estimate of drug-likeness (QED) is 0.104. The maximum atomic E-state index is 15.2. The summed E-state index contributed by atoms with van der Waals surface area (Å²) in [7, 11) is 0. The molecule has 4 heterocycles. The average Bonchev–Trinajstić information content (AvgIpc) is 3.46. The number of cyclic esters (lactones) is 1. The first-order chi connectivity index (χ1) is 23.5. The van der Waals surface area contributed by atoms with E-state index in [9.17, 15) is 24.3 Å². The molecule has 0 saturated heterocycles. The highest BCUT2D eigenvalue weighted by Gasteiger charge is 2.46. The zero-order valence-electron chi connectivity index (χ0n) is 27.1. The molecule has 0 unspecified atom stereocenters. The van der Waals surface area contributed by atoms with Crippen LogP contribution in [0.1, 0.15) is 64.8 Å². The van der Waals surface area contributed by atoms with E-state index in [0.29, 0.717) is 47.3 Å². The number of carbonyl (C=O) groups excluding carboxylic acids is 3. The van der Waals surface area contributed by atoms with E-state index in [1.54, 1.807) is 19.9 Å². The lowest BCUT2D eigenvalue weighted by Gasteiger charge is -2.31. The number of nitrogens with one attached hydrogen (secondary N) is 2. The molecule has 1 aliphatic carbocycles. The van der Waals surface area contributed by atoms with Gasteiger partial charge in [0, 0.05) is 22.6 Å². The number of aromatic nitrogens is 2. The fourth-order valence-electron chi connectivity index (χ4n) is 7.29. The lowest BCUT2D eigenvalue weighted by atomic mass is 9.81. The van der Waals surface area contributed by atoms with E-state index in [1.807, 2.05) is 30.3 Å². The molecule has 4 aromatic rings. The predicted octanol–water partition coefficient (Wildman–Crippen LogP) is 2.29. The molecule has 3 aliphatic rings. The fraction of sp³-hybridized carbons (Fsp3) is 0.361. The smallest absolute Gasteiger partial charge is 0.343 e. The Kier molecular flexibility index (Phi) is 8.29. The summed E-state index contributed by atoms with van der Waals surface area (Å²) in [6.07, 6.45) is 1.30. The number of hydrogen-bond acceptors (Lipinski definition) is 9. The van der Waals surface area contributed by atoms with Crippen molar-refractivity contribution in [2.24, 2.45) is 5.73 Å². The van der Waals surface area contributed by atoms with Gasteiger partial charge in [-0.2, -0.15) is 0 Å². The minimum absolute atomic E-state index is 0.000815. The number of aliphatic hydroxyl groups is 1. The first-order valence-corrected chi connectivity index (χ1v) is 16.3. The second-order valence-electron chi connectivity index (χ2n) is 12.8. The number of nitrogens with two attached hydrogens (primary N) is 1. The monoisotopic (exact) mass is 669 g/mol. The van der Waals surface area contributed by atoms with Crippen LogP contribution in [0, 0.1) is 12.7 Å². The molecule has 0 fully saturated rings. The van der Waals surface area contributed by atoms with Crippen LogP contribution in [0.4, 0.5) is 4.39 Å². The van der Waals surface area contributed by atoms with Crippen molar-refractivity contribution in [2.45, 2.75) is 70.4 Å². The number of aryl methyl sites for hydroxylation is 1. The zero-order valence-corrected chi connectivity index (χ0v) is 27.1. The Labute approximate surface area is 280 Å². The number of amides is 2. The molecular formula is C36H36FN5O7. The van der Waals surface area contributed by atoms with E-state index < -0.39 is 46.8 Å². The number of pyridine rings is 2. The minimum Gasteiger partial charge on any atom is -0.458 e. The summed E-state index contributed by atoms with van der Waals surface area (Å²) in [6.45, 7) is 2.65. The summed E-state index contributed by atoms with van der Waals surface area (Å²) >= 11 is 0. The van der Waals surface area contributed by atoms with Crippen molar-refractivity contribution >= 4 is 28.7 Å². The van der Waals surface area contributed by atoms with E-state index in [-0.39, 0.29) is 44.0 Å². The average molecular weight is 670 g/mol. The normalized spacial score (nSPS) is 19.4. The number of rotatable bonds is 9. The van der Waals surface area contributed by atoms with E-state index in [2.05, 4.69) is 10.6 Å². The van der Waals surface area contributed by atoms with Gasteiger partial charge in [-0.05, 0) is 60.9 Å². The van der Waals surface area contributed by atoms with Gasteiger partial charge in [-0.1, -0.05) is 37.3 Å². The van der Waals surface area contributed by atoms with Crippen molar-refractivity contribution in [2.75, 3.05) is 13.3 Å². The molecule has 2 aromatic carbocycles. The van der Waals surface area contributed by atoms with Gasteiger partial charge in [-0.15, -0.1) is 0 Å². The molecule has 2 amide bonds. The maximum absolute atomic E-state index is 15.2. The van der Waals surface area contributed by atoms with E-state index in [4.69, 9.17) is 20.2 Å². The molecule has 0 saturated carbocycles. The van der Waals surface area contributed by atoms with E-state index in [0.717, 1.165) is 22.1 Å². The molecule has 13 heteroatoms. The van der Waals surface area contributed by atoms with E-state index >= 15 is 4.39 Å². The number of nitrogens with zero attached hydrogens (tertiary/aromatic N) is 2. The number of esters is 1. The van der Waals surface area contributed by atoms with Crippen LogP contribution in [0.5, 0.6) is 0 Å². The van der Waals surface area contributed by atoms with Crippen LogP contribution in [0.3, 0.4) is 0 Å². The van der Waals surface area contributed by atoms with Gasteiger partial charge in [0.2, 0.25) is 11.8 Å². The molecule has 7 rings (SSSR count). The van der Waals surface area contributed by atoms with Crippen LogP contribution in [-0.2, 0) is 55.5 Å². The third-order valence-electron chi connectivity index (χ3n) is 9.93. The van der Waals surface area contributed by atoms with Crippen molar-refractivity contribution < 1.29 is 33.4 Å². The van der Waals surface area contributed by atoms with Crippen LogP contribution in [-0.4, -0.2) is 51.8 Å². The van der Waals surface area contributed by atoms with Gasteiger partial charge in [0.1, 0.15) is 25.8 Å². The Morgan fingerprint density at radius 3 is 2.73 bits per heavy atom. The first kappa shape index (κ1) is 32.6. The highest BCUT2D eigenvalue weighted by Crippen LogP contribution is 2.45. The van der Waals surface area contributed by atoms with Crippen LogP contribution in [0.2, 0.25) is 0 Å². The van der Waals surface area contributed by atoms with E-state index in [1.165, 1.54) is 10.6 Å². The van der Waals surface area contributed by atoms with Gasteiger partial charge < -0.3 is 35.5 Å². The van der Waals surface area contributed by atoms with Crippen molar-refractivity contribution in [1.82, 2.24) is 20.2 Å². The van der Waals surface area contributed by atoms with Gasteiger partial charge in [0.25, 0.3) is 5.56 Å².